The van der Waals surface area contributed by atoms with Gasteiger partial charge in [0.15, 0.2) is 0 Å². The van der Waals surface area contributed by atoms with Gasteiger partial charge in [-0.25, -0.2) is 8.42 Å². The van der Waals surface area contributed by atoms with Crippen molar-refractivity contribution in [3.05, 3.63) is 66.2 Å². The molecular formula is C26H34N4O4S. The van der Waals surface area contributed by atoms with E-state index in [1.54, 1.807) is 35.2 Å². The van der Waals surface area contributed by atoms with Crippen molar-refractivity contribution in [2.45, 2.75) is 37.2 Å². The Hall–Kier alpha value is -2.75. The van der Waals surface area contributed by atoms with Crippen molar-refractivity contribution in [3.63, 3.8) is 0 Å². The van der Waals surface area contributed by atoms with E-state index in [2.05, 4.69) is 10.2 Å². The minimum atomic E-state index is -3.54. The number of carbonyl (C=O) groups is 2. The van der Waals surface area contributed by atoms with Gasteiger partial charge in [0.25, 0.3) is 0 Å². The Labute approximate surface area is 207 Å². The third-order valence-electron chi connectivity index (χ3n) is 7.05. The van der Waals surface area contributed by atoms with E-state index in [1.807, 2.05) is 37.3 Å². The van der Waals surface area contributed by atoms with Crippen LogP contribution in [0.3, 0.4) is 0 Å². The van der Waals surface area contributed by atoms with Crippen molar-refractivity contribution in [1.29, 1.82) is 0 Å². The first-order valence-electron chi connectivity index (χ1n) is 12.3. The second-order valence-corrected chi connectivity index (χ2v) is 11.2. The Kier molecular flexibility index (Phi) is 8.20. The van der Waals surface area contributed by atoms with Gasteiger partial charge in [-0.1, -0.05) is 48.5 Å². The molecule has 1 N–H and O–H groups in total. The van der Waals surface area contributed by atoms with Crippen LogP contribution in [0.2, 0.25) is 0 Å². The Balaban J connectivity index is 1.23. The van der Waals surface area contributed by atoms with Gasteiger partial charge in [0, 0.05) is 38.6 Å². The average molecular weight is 499 g/mol. The molecule has 35 heavy (non-hydrogen) atoms. The number of piperazine rings is 1. The molecule has 0 radical (unpaired) electrons. The molecule has 0 unspecified atom stereocenters. The molecule has 2 aromatic rings. The topological polar surface area (TPSA) is 90.0 Å². The molecule has 2 saturated heterocycles. The van der Waals surface area contributed by atoms with Gasteiger partial charge in [0.1, 0.15) is 0 Å². The van der Waals surface area contributed by atoms with Crippen LogP contribution < -0.4 is 5.32 Å². The number of hydrogen-bond acceptors (Lipinski definition) is 5. The molecule has 0 bridgehead atoms. The number of hydrogen-bond donors (Lipinski definition) is 1. The van der Waals surface area contributed by atoms with Gasteiger partial charge in [-0.05, 0) is 50.6 Å². The molecule has 2 aromatic carbocycles. The van der Waals surface area contributed by atoms with Crippen molar-refractivity contribution < 1.29 is 18.0 Å². The van der Waals surface area contributed by atoms with E-state index in [4.69, 9.17) is 0 Å². The molecule has 2 aliphatic rings. The van der Waals surface area contributed by atoms with Crippen molar-refractivity contribution in [1.82, 2.24) is 19.4 Å². The van der Waals surface area contributed by atoms with Crippen molar-refractivity contribution in [3.8, 4) is 0 Å². The van der Waals surface area contributed by atoms with E-state index in [0.717, 1.165) is 18.4 Å². The quantitative estimate of drug-likeness (QED) is 0.630. The van der Waals surface area contributed by atoms with Gasteiger partial charge in [0.2, 0.25) is 21.8 Å². The zero-order valence-corrected chi connectivity index (χ0v) is 21.0. The molecule has 2 amide bonds. The smallest absolute Gasteiger partial charge is 0.243 e. The molecule has 8 nitrogen and oxygen atoms in total. The van der Waals surface area contributed by atoms with E-state index in [-0.39, 0.29) is 28.7 Å². The summed E-state index contributed by atoms with van der Waals surface area (Å²) in [5.74, 6) is 0.0565. The zero-order valence-electron chi connectivity index (χ0n) is 20.2. The molecule has 9 heteroatoms. The fourth-order valence-corrected chi connectivity index (χ4v) is 6.23. The second kappa shape index (κ2) is 11.3. The molecule has 0 saturated carbocycles. The van der Waals surface area contributed by atoms with Gasteiger partial charge >= 0.3 is 0 Å². The normalized spacial score (nSPS) is 19.3. The number of benzene rings is 2. The van der Waals surface area contributed by atoms with Gasteiger partial charge in [-0.2, -0.15) is 4.31 Å². The lowest BCUT2D eigenvalue weighted by Crippen LogP contribution is -2.56. The summed E-state index contributed by atoms with van der Waals surface area (Å²) in [5, 5.41) is 3.03. The van der Waals surface area contributed by atoms with Crippen LogP contribution >= 0.6 is 0 Å². The predicted molar refractivity (Wildman–Crippen MR) is 134 cm³/mol. The number of nitrogens with one attached hydrogen (secondary N) is 1. The summed E-state index contributed by atoms with van der Waals surface area (Å²) in [6, 6.07) is 18.0. The van der Waals surface area contributed by atoms with Crippen LogP contribution in [0, 0.1) is 5.92 Å². The monoisotopic (exact) mass is 498 g/mol. The van der Waals surface area contributed by atoms with Gasteiger partial charge in [-0.15, -0.1) is 0 Å². The zero-order chi connectivity index (χ0) is 24.8. The summed E-state index contributed by atoms with van der Waals surface area (Å²) < 4.78 is 27.1. The third kappa shape index (κ3) is 6.09. The first-order chi connectivity index (χ1) is 16.9. The van der Waals surface area contributed by atoms with Gasteiger partial charge in [0.05, 0.1) is 10.9 Å². The molecule has 0 aliphatic carbocycles. The van der Waals surface area contributed by atoms with Crippen LogP contribution in [0.25, 0.3) is 0 Å². The highest BCUT2D eigenvalue weighted by molar-refractivity contribution is 7.89. The third-order valence-corrected chi connectivity index (χ3v) is 8.96. The molecule has 2 heterocycles. The lowest BCUT2D eigenvalue weighted by atomic mass is 9.94. The molecule has 2 fully saturated rings. The molecule has 4 rings (SSSR count). The number of nitrogens with zero attached hydrogens (tertiary/aromatic N) is 3. The van der Waals surface area contributed by atoms with Gasteiger partial charge in [-0.3, -0.25) is 14.5 Å². The predicted octanol–water partition coefficient (Wildman–Crippen LogP) is 1.94. The summed E-state index contributed by atoms with van der Waals surface area (Å²) >= 11 is 0. The van der Waals surface area contributed by atoms with E-state index in [1.165, 1.54) is 4.31 Å². The van der Waals surface area contributed by atoms with E-state index < -0.39 is 10.0 Å². The molecule has 0 spiro atoms. The Morgan fingerprint density at radius 3 is 2.06 bits per heavy atom. The standard InChI is InChI=1S/C26H34N4O4S/c1-21(28-14-12-23(13-15-28)25(31)27-20-22-8-4-2-5-9-22)26(32)29-16-18-30(19-17-29)35(33,34)24-10-6-3-7-11-24/h2-11,21,23H,12-20H2,1H3,(H,27,31)/t21-/m1/s1. The lowest BCUT2D eigenvalue weighted by molar-refractivity contribution is -0.138. The lowest BCUT2D eigenvalue weighted by Gasteiger charge is -2.39. The van der Waals surface area contributed by atoms with Crippen LogP contribution in [-0.4, -0.2) is 79.6 Å². The number of carbonyl (C=O) groups excluding carboxylic acids is 2. The summed E-state index contributed by atoms with van der Waals surface area (Å²) in [4.78, 5) is 29.9. The highest BCUT2D eigenvalue weighted by Crippen LogP contribution is 2.22. The number of amides is 2. The minimum Gasteiger partial charge on any atom is -0.352 e. The maximum atomic E-state index is 13.1. The van der Waals surface area contributed by atoms with Crippen LogP contribution in [0.15, 0.2) is 65.6 Å². The molecular weight excluding hydrogens is 464 g/mol. The van der Waals surface area contributed by atoms with Crippen molar-refractivity contribution in [2.75, 3.05) is 39.3 Å². The van der Waals surface area contributed by atoms with E-state index >= 15 is 0 Å². The maximum absolute atomic E-state index is 13.1. The summed E-state index contributed by atoms with van der Waals surface area (Å²) in [6.07, 6.45) is 1.45. The number of sulfonamides is 1. The van der Waals surface area contributed by atoms with Crippen molar-refractivity contribution >= 4 is 21.8 Å². The van der Waals surface area contributed by atoms with Crippen molar-refractivity contribution in [2.24, 2.45) is 5.92 Å². The highest BCUT2D eigenvalue weighted by Gasteiger charge is 2.34. The van der Waals surface area contributed by atoms with Crippen LogP contribution in [0.5, 0.6) is 0 Å². The highest BCUT2D eigenvalue weighted by atomic mass is 32.2. The number of likely N-dealkylation sites (tertiary alicyclic amines) is 1. The van der Waals surface area contributed by atoms with Gasteiger partial charge < -0.3 is 10.2 Å². The molecule has 1 atom stereocenters. The molecule has 188 valence electrons. The van der Waals surface area contributed by atoms with Crippen LogP contribution in [0.4, 0.5) is 0 Å². The summed E-state index contributed by atoms with van der Waals surface area (Å²) in [5.41, 5.74) is 1.08. The first-order valence-corrected chi connectivity index (χ1v) is 13.7. The Morgan fingerprint density at radius 2 is 1.46 bits per heavy atom. The Morgan fingerprint density at radius 1 is 0.886 bits per heavy atom. The minimum absolute atomic E-state index is 0.0220. The average Bonchev–Trinajstić information content (AvgIpc) is 2.92. The first kappa shape index (κ1) is 25.3. The summed E-state index contributed by atoms with van der Waals surface area (Å²) in [7, 11) is -3.54. The number of rotatable bonds is 7. The van der Waals surface area contributed by atoms with Crippen LogP contribution in [0.1, 0.15) is 25.3 Å². The van der Waals surface area contributed by atoms with E-state index in [0.29, 0.717) is 45.8 Å². The largest absolute Gasteiger partial charge is 0.352 e. The Bertz CT molecular complexity index is 1090. The maximum Gasteiger partial charge on any atom is 0.243 e. The SMILES string of the molecule is C[C@H](C(=O)N1CCN(S(=O)(=O)c2ccccc2)CC1)N1CCC(C(=O)NCc2ccccc2)CC1. The second-order valence-electron chi connectivity index (χ2n) is 9.23. The summed E-state index contributed by atoms with van der Waals surface area (Å²) in [6.45, 7) is 5.17. The van der Waals surface area contributed by atoms with E-state index in [9.17, 15) is 18.0 Å². The molecule has 0 aromatic heterocycles. The van der Waals surface area contributed by atoms with Crippen LogP contribution in [-0.2, 0) is 26.2 Å². The number of piperidine rings is 1. The fraction of sp³-hybridized carbons (Fsp3) is 0.462. The fourth-order valence-electron chi connectivity index (χ4n) is 4.79. The molecule has 2 aliphatic heterocycles.